The number of nitrogens with one attached hydrogen (secondary N) is 1. The van der Waals surface area contributed by atoms with Crippen molar-refractivity contribution in [2.45, 2.75) is 45.0 Å². The van der Waals surface area contributed by atoms with E-state index in [1.165, 1.54) is 28.7 Å². The molecule has 0 saturated heterocycles. The topological polar surface area (TPSA) is 94.8 Å². The summed E-state index contributed by atoms with van der Waals surface area (Å²) in [6.45, 7) is 8.72. The van der Waals surface area contributed by atoms with Gasteiger partial charge in [0.25, 0.3) is 0 Å². The number of carbonyl (C=O) groups excluding carboxylic acids is 1. The summed E-state index contributed by atoms with van der Waals surface area (Å²) in [5.41, 5.74) is 1.26. The van der Waals surface area contributed by atoms with E-state index >= 15 is 0 Å². The Morgan fingerprint density at radius 3 is 2.67 bits per heavy atom. The number of aryl methyl sites for hydroxylation is 2. The van der Waals surface area contributed by atoms with Crippen LogP contribution >= 0.6 is 23.1 Å². The van der Waals surface area contributed by atoms with Crippen LogP contribution in [0.1, 0.15) is 30.2 Å². The van der Waals surface area contributed by atoms with E-state index < -0.39 is 0 Å². The maximum absolute atomic E-state index is 12.2. The molecule has 0 aliphatic rings. The molecule has 0 spiro atoms. The second-order valence-corrected chi connectivity index (χ2v) is 8.28. The molecule has 8 nitrogen and oxygen atoms in total. The lowest BCUT2D eigenvalue weighted by Gasteiger charge is -2.09. The molecule has 1 amide bonds. The van der Waals surface area contributed by atoms with Crippen molar-refractivity contribution < 1.29 is 9.53 Å². The van der Waals surface area contributed by atoms with Crippen molar-refractivity contribution in [2.24, 2.45) is 0 Å². The van der Waals surface area contributed by atoms with Crippen LogP contribution in [-0.4, -0.2) is 36.6 Å². The Kier molecular flexibility index (Phi) is 7.97. The zero-order valence-corrected chi connectivity index (χ0v) is 18.6. The molecule has 158 valence electrons. The number of anilines is 1. The van der Waals surface area contributed by atoms with Crippen LogP contribution in [0.5, 0.6) is 5.75 Å². The lowest BCUT2D eigenvalue weighted by atomic mass is 10.2. The molecular formula is C20H24N6O2S2. The van der Waals surface area contributed by atoms with Crippen LogP contribution in [0.15, 0.2) is 42.1 Å². The number of hydrogen-bond donors (Lipinski definition) is 1. The highest BCUT2D eigenvalue weighted by Gasteiger charge is 2.15. The van der Waals surface area contributed by atoms with Gasteiger partial charge in [-0.2, -0.15) is 0 Å². The Morgan fingerprint density at radius 1 is 1.20 bits per heavy atom. The van der Waals surface area contributed by atoms with Crippen molar-refractivity contribution in [3.63, 3.8) is 0 Å². The third-order valence-corrected chi connectivity index (χ3v) is 6.10. The summed E-state index contributed by atoms with van der Waals surface area (Å²) in [5, 5.41) is 21.2. The van der Waals surface area contributed by atoms with Gasteiger partial charge in [0.15, 0.2) is 11.0 Å². The molecule has 0 saturated carbocycles. The summed E-state index contributed by atoms with van der Waals surface area (Å²) in [4.78, 5) is 12.2. The van der Waals surface area contributed by atoms with Gasteiger partial charge in [0, 0.05) is 6.54 Å². The number of aromatic nitrogens is 5. The Hall–Kier alpha value is -2.72. The molecule has 0 bridgehead atoms. The monoisotopic (exact) mass is 444 g/mol. The Labute approximate surface area is 183 Å². The lowest BCUT2D eigenvalue weighted by Crippen LogP contribution is -2.15. The van der Waals surface area contributed by atoms with Crippen molar-refractivity contribution >= 4 is 34.1 Å². The molecule has 3 aromatic rings. The van der Waals surface area contributed by atoms with Crippen molar-refractivity contribution in [1.29, 1.82) is 0 Å². The molecule has 2 aromatic heterocycles. The van der Waals surface area contributed by atoms with E-state index in [-0.39, 0.29) is 18.3 Å². The predicted octanol–water partition coefficient (Wildman–Crippen LogP) is 3.75. The minimum absolute atomic E-state index is 0.166. The molecule has 10 heteroatoms. The maximum Gasteiger partial charge on any atom is 0.236 e. The first-order valence-electron chi connectivity index (χ1n) is 9.62. The third-order valence-electron chi connectivity index (χ3n) is 4.15. The van der Waals surface area contributed by atoms with Gasteiger partial charge in [-0.15, -0.1) is 27.0 Å². The minimum Gasteiger partial charge on any atom is -0.486 e. The first kappa shape index (κ1) is 22.0. The fourth-order valence-electron chi connectivity index (χ4n) is 2.55. The van der Waals surface area contributed by atoms with Crippen LogP contribution in [0.25, 0.3) is 0 Å². The molecule has 0 radical (unpaired) electrons. The van der Waals surface area contributed by atoms with Gasteiger partial charge in [-0.05, 0) is 30.5 Å². The molecule has 0 fully saturated rings. The van der Waals surface area contributed by atoms with Gasteiger partial charge in [-0.1, -0.05) is 55.2 Å². The molecule has 30 heavy (non-hydrogen) atoms. The number of allylic oxidation sites excluding steroid dienone is 1. The van der Waals surface area contributed by atoms with Crippen LogP contribution in [0, 0.1) is 0 Å². The van der Waals surface area contributed by atoms with Gasteiger partial charge in [-0.25, -0.2) is 0 Å². The van der Waals surface area contributed by atoms with E-state index in [1.807, 2.05) is 35.8 Å². The number of thioether (sulfide) groups is 1. The van der Waals surface area contributed by atoms with Crippen LogP contribution in [-0.2, 0) is 30.8 Å². The zero-order valence-electron chi connectivity index (χ0n) is 17.0. The number of carbonyl (C=O) groups is 1. The van der Waals surface area contributed by atoms with Crippen molar-refractivity contribution in [3.05, 3.63) is 53.3 Å². The molecular weight excluding hydrogens is 420 g/mol. The molecule has 0 unspecified atom stereocenters. The standard InChI is InChI=1S/C20H24N6O2S2/c1-4-11-26-16(12-28-15-9-7-14(5-2)8-10-15)22-25-20(26)29-13-17(27)21-19-24-23-18(6-3)30-19/h4,7-10H,1,5-6,11-13H2,2-3H3,(H,21,24,27). The van der Waals surface area contributed by atoms with E-state index in [0.29, 0.717) is 22.7 Å². The molecule has 0 atom stereocenters. The molecule has 1 N–H and O–H groups in total. The zero-order chi connectivity index (χ0) is 21.3. The maximum atomic E-state index is 12.2. The second-order valence-electron chi connectivity index (χ2n) is 6.28. The number of benzene rings is 1. The number of hydrogen-bond acceptors (Lipinski definition) is 8. The normalized spacial score (nSPS) is 10.7. The average Bonchev–Trinajstić information content (AvgIpc) is 3.38. The summed E-state index contributed by atoms with van der Waals surface area (Å²) in [5.74, 6) is 1.47. The summed E-state index contributed by atoms with van der Waals surface area (Å²) in [6, 6.07) is 7.99. The summed E-state index contributed by atoms with van der Waals surface area (Å²) in [7, 11) is 0. The number of nitrogens with zero attached hydrogens (tertiary/aromatic N) is 5. The van der Waals surface area contributed by atoms with Crippen molar-refractivity contribution in [2.75, 3.05) is 11.1 Å². The Balaban J connectivity index is 1.58. The summed E-state index contributed by atoms with van der Waals surface area (Å²) in [6.07, 6.45) is 3.54. The van der Waals surface area contributed by atoms with E-state index in [4.69, 9.17) is 4.74 Å². The SMILES string of the molecule is C=CCn1c(COc2ccc(CC)cc2)nnc1SCC(=O)Nc1nnc(CC)s1. The van der Waals surface area contributed by atoms with Crippen LogP contribution in [0.3, 0.4) is 0 Å². The second kappa shape index (κ2) is 10.9. The van der Waals surface area contributed by atoms with E-state index in [0.717, 1.165) is 23.6 Å². The molecule has 3 rings (SSSR count). The van der Waals surface area contributed by atoms with Crippen molar-refractivity contribution in [3.8, 4) is 5.75 Å². The predicted molar refractivity (Wildman–Crippen MR) is 119 cm³/mol. The number of rotatable bonds is 11. The van der Waals surface area contributed by atoms with Crippen LogP contribution in [0.4, 0.5) is 5.13 Å². The molecule has 1 aromatic carbocycles. The highest BCUT2D eigenvalue weighted by Crippen LogP contribution is 2.21. The Morgan fingerprint density at radius 2 is 2.00 bits per heavy atom. The number of ether oxygens (including phenoxy) is 1. The fraction of sp³-hybridized carbons (Fsp3) is 0.350. The minimum atomic E-state index is -0.166. The summed E-state index contributed by atoms with van der Waals surface area (Å²) >= 11 is 2.68. The van der Waals surface area contributed by atoms with Gasteiger partial charge in [0.2, 0.25) is 11.0 Å². The van der Waals surface area contributed by atoms with Gasteiger partial charge < -0.3 is 4.74 Å². The highest BCUT2D eigenvalue weighted by molar-refractivity contribution is 7.99. The van der Waals surface area contributed by atoms with Gasteiger partial charge in [0.1, 0.15) is 17.4 Å². The number of amides is 1. The van der Waals surface area contributed by atoms with Gasteiger partial charge >= 0.3 is 0 Å². The van der Waals surface area contributed by atoms with Crippen LogP contribution < -0.4 is 10.1 Å². The summed E-state index contributed by atoms with van der Waals surface area (Å²) < 4.78 is 7.74. The van der Waals surface area contributed by atoms with Crippen LogP contribution in [0.2, 0.25) is 0 Å². The quantitative estimate of drug-likeness (QED) is 0.355. The average molecular weight is 445 g/mol. The third kappa shape index (κ3) is 5.90. The smallest absolute Gasteiger partial charge is 0.236 e. The van der Waals surface area contributed by atoms with E-state index in [2.05, 4.69) is 39.2 Å². The van der Waals surface area contributed by atoms with Gasteiger partial charge in [0.05, 0.1) is 5.75 Å². The molecule has 0 aliphatic carbocycles. The molecule has 2 heterocycles. The van der Waals surface area contributed by atoms with Gasteiger partial charge in [-0.3, -0.25) is 14.7 Å². The lowest BCUT2D eigenvalue weighted by molar-refractivity contribution is -0.113. The van der Waals surface area contributed by atoms with E-state index in [1.54, 1.807) is 6.08 Å². The van der Waals surface area contributed by atoms with E-state index in [9.17, 15) is 4.79 Å². The molecule has 0 aliphatic heterocycles. The first-order chi connectivity index (χ1) is 14.6. The largest absolute Gasteiger partial charge is 0.486 e. The Bertz CT molecular complexity index is 984. The first-order valence-corrected chi connectivity index (χ1v) is 11.4. The fourth-order valence-corrected chi connectivity index (χ4v) is 4.01. The highest BCUT2D eigenvalue weighted by atomic mass is 32.2. The van der Waals surface area contributed by atoms with Crippen molar-refractivity contribution in [1.82, 2.24) is 25.0 Å².